The Bertz CT molecular complexity index is 603. The van der Waals surface area contributed by atoms with Crippen molar-refractivity contribution in [1.29, 1.82) is 0 Å². The predicted molar refractivity (Wildman–Crippen MR) is 124 cm³/mol. The van der Waals surface area contributed by atoms with Gasteiger partial charge in [-0.25, -0.2) is 0 Å². The van der Waals surface area contributed by atoms with Crippen LogP contribution in [-0.4, -0.2) is 50.0 Å². The van der Waals surface area contributed by atoms with Gasteiger partial charge in [-0.15, -0.1) is 24.0 Å². The van der Waals surface area contributed by atoms with Gasteiger partial charge in [0.05, 0.1) is 0 Å². The largest absolute Gasteiger partial charge is 0.356 e. The molecule has 0 spiro atoms. The van der Waals surface area contributed by atoms with E-state index in [2.05, 4.69) is 60.7 Å². The molecule has 27 heavy (non-hydrogen) atoms. The van der Waals surface area contributed by atoms with Crippen molar-refractivity contribution < 1.29 is 4.79 Å². The summed E-state index contributed by atoms with van der Waals surface area (Å²) in [4.78, 5) is 18.6. The first kappa shape index (κ1) is 23.7. The van der Waals surface area contributed by atoms with E-state index in [1.54, 1.807) is 7.05 Å². The number of aliphatic imine (C=N–C) groups is 1. The van der Waals surface area contributed by atoms with Crippen LogP contribution >= 0.6 is 24.0 Å². The Balaban J connectivity index is 0.00000364. The van der Waals surface area contributed by atoms with Gasteiger partial charge in [-0.1, -0.05) is 51.1 Å². The van der Waals surface area contributed by atoms with Gasteiger partial charge < -0.3 is 15.5 Å². The second-order valence-electron chi connectivity index (χ2n) is 7.94. The Labute approximate surface area is 181 Å². The smallest absolute Gasteiger partial charge is 0.224 e. The van der Waals surface area contributed by atoms with Crippen molar-refractivity contribution in [2.75, 3.05) is 33.2 Å². The number of likely N-dealkylation sites (tertiary alicyclic amines) is 1. The number of carbonyl (C=O) groups is 1. The summed E-state index contributed by atoms with van der Waals surface area (Å²) in [5, 5.41) is 6.65. The lowest BCUT2D eigenvalue weighted by atomic mass is 9.85. The molecule has 0 aromatic heterocycles. The summed E-state index contributed by atoms with van der Waals surface area (Å²) in [5.74, 6) is 1.60. The fraction of sp³-hybridized carbons (Fsp3) is 0.619. The number of piperidine rings is 1. The molecule has 1 aliphatic heterocycles. The second-order valence-corrected chi connectivity index (χ2v) is 7.94. The highest BCUT2D eigenvalue weighted by atomic mass is 127. The molecule has 1 heterocycles. The molecule has 1 aliphatic rings. The maximum atomic E-state index is 12.3. The Morgan fingerprint density at radius 3 is 2.59 bits per heavy atom. The summed E-state index contributed by atoms with van der Waals surface area (Å²) in [6, 6.07) is 10.5. The molecular formula is C21H35IN4O. The van der Waals surface area contributed by atoms with Gasteiger partial charge in [0.15, 0.2) is 5.96 Å². The number of halogens is 1. The van der Waals surface area contributed by atoms with Gasteiger partial charge in [-0.2, -0.15) is 0 Å². The topological polar surface area (TPSA) is 56.7 Å². The van der Waals surface area contributed by atoms with E-state index in [0.29, 0.717) is 18.9 Å². The van der Waals surface area contributed by atoms with E-state index in [1.807, 2.05) is 11.0 Å². The lowest BCUT2D eigenvalue weighted by molar-refractivity contribution is -0.132. The molecule has 0 radical (unpaired) electrons. The van der Waals surface area contributed by atoms with E-state index in [-0.39, 0.29) is 35.3 Å². The molecule has 2 rings (SSSR count). The first-order valence-corrected chi connectivity index (χ1v) is 9.70. The molecule has 0 aliphatic carbocycles. The van der Waals surface area contributed by atoms with Crippen LogP contribution in [0.3, 0.4) is 0 Å². The SMILES string of the molecule is CN=C(NCCC(=O)N1CCCC(C)C1)NCC(C)(C)c1ccccc1.I. The number of amides is 1. The average molecular weight is 486 g/mol. The van der Waals surface area contributed by atoms with Crippen LogP contribution in [0.4, 0.5) is 0 Å². The van der Waals surface area contributed by atoms with Crippen LogP contribution in [0.5, 0.6) is 0 Å². The van der Waals surface area contributed by atoms with Crippen LogP contribution in [0, 0.1) is 5.92 Å². The number of carbonyl (C=O) groups excluding carboxylic acids is 1. The fourth-order valence-corrected chi connectivity index (χ4v) is 3.38. The molecule has 6 heteroatoms. The van der Waals surface area contributed by atoms with E-state index in [0.717, 1.165) is 32.0 Å². The molecule has 2 N–H and O–H groups in total. The normalized spacial score (nSPS) is 17.9. The van der Waals surface area contributed by atoms with Crippen molar-refractivity contribution in [2.45, 2.75) is 45.4 Å². The van der Waals surface area contributed by atoms with Gasteiger partial charge in [-0.3, -0.25) is 9.79 Å². The first-order chi connectivity index (χ1) is 12.4. The van der Waals surface area contributed by atoms with Gasteiger partial charge in [0.25, 0.3) is 0 Å². The van der Waals surface area contributed by atoms with E-state index < -0.39 is 0 Å². The lowest BCUT2D eigenvalue weighted by Crippen LogP contribution is -2.45. The highest BCUT2D eigenvalue weighted by molar-refractivity contribution is 14.0. The zero-order chi connectivity index (χ0) is 19.0. The number of nitrogens with one attached hydrogen (secondary N) is 2. The monoisotopic (exact) mass is 486 g/mol. The van der Waals surface area contributed by atoms with Gasteiger partial charge in [0.1, 0.15) is 0 Å². The van der Waals surface area contributed by atoms with Gasteiger partial charge in [0, 0.05) is 45.1 Å². The maximum absolute atomic E-state index is 12.3. The molecule has 5 nitrogen and oxygen atoms in total. The van der Waals surface area contributed by atoms with Gasteiger partial charge in [0.2, 0.25) is 5.91 Å². The molecule has 1 fully saturated rings. The van der Waals surface area contributed by atoms with Gasteiger partial charge in [-0.05, 0) is 24.3 Å². The standard InChI is InChI=1S/C21H34N4O.HI/c1-17-9-8-14-25(15-17)19(26)12-13-23-20(22-4)24-16-21(2,3)18-10-6-5-7-11-18;/h5-7,10-11,17H,8-9,12-16H2,1-4H3,(H2,22,23,24);1H. The van der Waals surface area contributed by atoms with Crippen LogP contribution in [0.2, 0.25) is 0 Å². The van der Waals surface area contributed by atoms with E-state index in [1.165, 1.54) is 12.0 Å². The number of benzene rings is 1. The Morgan fingerprint density at radius 1 is 1.26 bits per heavy atom. The molecule has 1 atom stereocenters. The minimum Gasteiger partial charge on any atom is -0.356 e. The van der Waals surface area contributed by atoms with Crippen molar-refractivity contribution in [1.82, 2.24) is 15.5 Å². The Hall–Kier alpha value is -1.31. The molecular weight excluding hydrogens is 451 g/mol. The molecule has 1 saturated heterocycles. The van der Waals surface area contributed by atoms with E-state index in [9.17, 15) is 4.79 Å². The zero-order valence-electron chi connectivity index (χ0n) is 17.1. The number of guanidine groups is 1. The van der Waals surface area contributed by atoms with Gasteiger partial charge >= 0.3 is 0 Å². The third kappa shape index (κ3) is 7.68. The third-order valence-corrected chi connectivity index (χ3v) is 5.12. The number of rotatable bonds is 6. The summed E-state index contributed by atoms with van der Waals surface area (Å²) in [5.41, 5.74) is 1.29. The summed E-state index contributed by atoms with van der Waals surface area (Å²) in [6.07, 6.45) is 2.86. The summed E-state index contributed by atoms with van der Waals surface area (Å²) in [6.45, 7) is 9.83. The average Bonchev–Trinajstić information content (AvgIpc) is 2.65. The lowest BCUT2D eigenvalue weighted by Gasteiger charge is -2.31. The minimum absolute atomic E-state index is 0. The van der Waals surface area contributed by atoms with Crippen LogP contribution in [-0.2, 0) is 10.2 Å². The summed E-state index contributed by atoms with van der Waals surface area (Å²) >= 11 is 0. The van der Waals surface area contributed by atoms with Crippen molar-refractivity contribution in [3.05, 3.63) is 35.9 Å². The van der Waals surface area contributed by atoms with Crippen LogP contribution in [0.1, 0.15) is 45.6 Å². The number of nitrogens with zero attached hydrogens (tertiary/aromatic N) is 2. The molecule has 0 saturated carbocycles. The second kappa shape index (κ2) is 11.5. The molecule has 1 amide bonds. The molecule has 1 aromatic rings. The minimum atomic E-state index is -0.00135. The van der Waals surface area contributed by atoms with Crippen molar-refractivity contribution >= 4 is 35.8 Å². The van der Waals surface area contributed by atoms with Crippen molar-refractivity contribution in [3.63, 3.8) is 0 Å². The highest BCUT2D eigenvalue weighted by Crippen LogP contribution is 2.21. The van der Waals surface area contributed by atoms with E-state index >= 15 is 0 Å². The molecule has 152 valence electrons. The number of hydrogen-bond donors (Lipinski definition) is 2. The first-order valence-electron chi connectivity index (χ1n) is 9.70. The van der Waals surface area contributed by atoms with Crippen LogP contribution in [0.15, 0.2) is 35.3 Å². The zero-order valence-corrected chi connectivity index (χ0v) is 19.5. The Kier molecular flexibility index (Phi) is 10.1. The maximum Gasteiger partial charge on any atom is 0.224 e. The quantitative estimate of drug-likeness (QED) is 0.368. The summed E-state index contributed by atoms with van der Waals surface area (Å²) in [7, 11) is 1.76. The molecule has 1 unspecified atom stereocenters. The molecule has 1 aromatic carbocycles. The van der Waals surface area contributed by atoms with Crippen LogP contribution < -0.4 is 10.6 Å². The van der Waals surface area contributed by atoms with E-state index in [4.69, 9.17) is 0 Å². The summed E-state index contributed by atoms with van der Waals surface area (Å²) < 4.78 is 0. The fourth-order valence-electron chi connectivity index (χ4n) is 3.38. The van der Waals surface area contributed by atoms with Crippen LogP contribution in [0.25, 0.3) is 0 Å². The highest BCUT2D eigenvalue weighted by Gasteiger charge is 2.22. The predicted octanol–water partition coefficient (Wildman–Crippen LogP) is 3.40. The van der Waals surface area contributed by atoms with Crippen molar-refractivity contribution in [2.24, 2.45) is 10.9 Å². The number of hydrogen-bond acceptors (Lipinski definition) is 2. The molecule has 0 bridgehead atoms. The van der Waals surface area contributed by atoms with Crippen molar-refractivity contribution in [3.8, 4) is 0 Å². The Morgan fingerprint density at radius 2 is 1.96 bits per heavy atom. The third-order valence-electron chi connectivity index (χ3n) is 5.12.